The van der Waals surface area contributed by atoms with Crippen LogP contribution >= 0.6 is 0 Å². The molecule has 2 heteroatoms. The van der Waals surface area contributed by atoms with Crippen LogP contribution in [0.3, 0.4) is 0 Å². The highest BCUT2D eigenvalue weighted by molar-refractivity contribution is 5.87. The van der Waals surface area contributed by atoms with Gasteiger partial charge in [-0.3, -0.25) is 4.79 Å². The summed E-state index contributed by atoms with van der Waals surface area (Å²) in [5.41, 5.74) is 1.33. The van der Waals surface area contributed by atoms with Gasteiger partial charge in [-0.25, -0.2) is 0 Å². The van der Waals surface area contributed by atoms with Crippen molar-refractivity contribution in [1.82, 2.24) is 5.32 Å². The van der Waals surface area contributed by atoms with E-state index in [1.807, 2.05) is 25.1 Å². The van der Waals surface area contributed by atoms with Crippen LogP contribution in [0.2, 0.25) is 0 Å². The fraction of sp³-hybridized carbons (Fsp3) is 0.438. The van der Waals surface area contributed by atoms with E-state index in [9.17, 15) is 4.79 Å². The molecule has 1 amide bonds. The summed E-state index contributed by atoms with van der Waals surface area (Å²) in [5, 5.41) is 3.07. The maximum absolute atomic E-state index is 11.7. The van der Waals surface area contributed by atoms with E-state index < -0.39 is 0 Å². The van der Waals surface area contributed by atoms with Gasteiger partial charge in [0.1, 0.15) is 0 Å². The highest BCUT2D eigenvalue weighted by Gasteiger charge is 2.21. The van der Waals surface area contributed by atoms with Gasteiger partial charge >= 0.3 is 0 Å². The summed E-state index contributed by atoms with van der Waals surface area (Å²) in [4.78, 5) is 11.7. The van der Waals surface area contributed by atoms with Gasteiger partial charge in [0.05, 0.1) is 6.04 Å². The summed E-state index contributed by atoms with van der Waals surface area (Å²) in [6.07, 6.45) is 4.24. The third kappa shape index (κ3) is 5.17. The third-order valence-electron chi connectivity index (χ3n) is 2.65. The van der Waals surface area contributed by atoms with Crippen molar-refractivity contribution in [2.75, 3.05) is 0 Å². The largest absolute Gasteiger partial charge is 0.346 e. The molecule has 1 atom stereocenters. The number of hydrogen-bond donors (Lipinski definition) is 1. The molecule has 18 heavy (non-hydrogen) atoms. The van der Waals surface area contributed by atoms with Gasteiger partial charge in [-0.2, -0.15) is 0 Å². The minimum Gasteiger partial charge on any atom is -0.346 e. The zero-order valence-corrected chi connectivity index (χ0v) is 11.7. The standard InChI is InChI=1S/C16H23NO/c1-5-9-15(18)17-14(12-16(2,3)4)13-10-7-6-8-11-13/h5-11,14H,12H2,1-4H3,(H,17,18). The Morgan fingerprint density at radius 2 is 1.89 bits per heavy atom. The topological polar surface area (TPSA) is 29.1 Å². The van der Waals surface area contributed by atoms with Crippen molar-refractivity contribution in [2.24, 2.45) is 5.41 Å². The first-order chi connectivity index (χ1) is 8.42. The van der Waals surface area contributed by atoms with Gasteiger partial charge in [0.2, 0.25) is 5.91 Å². The molecule has 1 aromatic rings. The van der Waals surface area contributed by atoms with E-state index in [0.717, 1.165) is 12.0 Å². The quantitative estimate of drug-likeness (QED) is 0.802. The van der Waals surface area contributed by atoms with Gasteiger partial charge in [0.25, 0.3) is 0 Å². The second-order valence-electron chi connectivity index (χ2n) is 5.74. The number of allylic oxidation sites excluding steroid dienone is 1. The number of nitrogens with one attached hydrogen (secondary N) is 1. The zero-order chi connectivity index (χ0) is 13.6. The van der Waals surface area contributed by atoms with Crippen molar-refractivity contribution in [3.63, 3.8) is 0 Å². The summed E-state index contributed by atoms with van der Waals surface area (Å²) in [6.45, 7) is 8.40. The molecule has 0 aliphatic carbocycles. The monoisotopic (exact) mass is 245 g/mol. The second kappa shape index (κ2) is 6.39. The molecule has 0 saturated heterocycles. The van der Waals surface area contributed by atoms with E-state index in [-0.39, 0.29) is 17.4 Å². The van der Waals surface area contributed by atoms with Crippen molar-refractivity contribution in [3.8, 4) is 0 Å². The maximum Gasteiger partial charge on any atom is 0.244 e. The first-order valence-electron chi connectivity index (χ1n) is 6.40. The molecule has 1 unspecified atom stereocenters. The van der Waals surface area contributed by atoms with Crippen LogP contribution in [0.1, 0.15) is 45.7 Å². The molecule has 0 fully saturated rings. The van der Waals surface area contributed by atoms with Gasteiger partial charge in [-0.05, 0) is 30.4 Å². The van der Waals surface area contributed by atoms with Crippen LogP contribution in [-0.4, -0.2) is 5.91 Å². The minimum absolute atomic E-state index is 0.0318. The van der Waals surface area contributed by atoms with Gasteiger partial charge in [0, 0.05) is 0 Å². The average Bonchev–Trinajstić information content (AvgIpc) is 2.28. The van der Waals surface area contributed by atoms with Crippen molar-refractivity contribution < 1.29 is 4.79 Å². The maximum atomic E-state index is 11.7. The lowest BCUT2D eigenvalue weighted by Gasteiger charge is -2.27. The highest BCUT2D eigenvalue weighted by atomic mass is 16.1. The normalized spacial score (nSPS) is 13.6. The first kappa shape index (κ1) is 14.5. The second-order valence-corrected chi connectivity index (χ2v) is 5.74. The summed E-state index contributed by atoms with van der Waals surface area (Å²) in [7, 11) is 0. The molecular formula is C16H23NO. The molecule has 0 spiro atoms. The molecule has 0 radical (unpaired) electrons. The van der Waals surface area contributed by atoms with Crippen LogP contribution < -0.4 is 5.32 Å². The predicted molar refractivity (Wildman–Crippen MR) is 76.2 cm³/mol. The van der Waals surface area contributed by atoms with E-state index in [0.29, 0.717) is 0 Å². The van der Waals surface area contributed by atoms with Crippen molar-refractivity contribution in [3.05, 3.63) is 48.0 Å². The number of rotatable bonds is 4. The van der Waals surface area contributed by atoms with Crippen LogP contribution in [0.15, 0.2) is 42.5 Å². The fourth-order valence-electron chi connectivity index (χ4n) is 1.92. The molecule has 2 nitrogen and oxygen atoms in total. The third-order valence-corrected chi connectivity index (χ3v) is 2.65. The molecule has 0 aromatic heterocycles. The SMILES string of the molecule is CC=CC(=O)NC(CC(C)(C)C)c1ccccc1. The van der Waals surface area contributed by atoms with E-state index >= 15 is 0 Å². The smallest absolute Gasteiger partial charge is 0.244 e. The summed E-state index contributed by atoms with van der Waals surface area (Å²) in [6, 6.07) is 10.2. The lowest BCUT2D eigenvalue weighted by atomic mass is 9.85. The van der Waals surface area contributed by atoms with Gasteiger partial charge in [-0.1, -0.05) is 57.2 Å². The Hall–Kier alpha value is -1.57. The van der Waals surface area contributed by atoms with Crippen LogP contribution in [0.5, 0.6) is 0 Å². The zero-order valence-electron chi connectivity index (χ0n) is 11.7. The number of hydrogen-bond acceptors (Lipinski definition) is 1. The molecule has 0 aliphatic rings. The van der Waals surface area contributed by atoms with Crippen LogP contribution in [-0.2, 0) is 4.79 Å². The molecule has 0 heterocycles. The fourth-order valence-corrected chi connectivity index (χ4v) is 1.92. The van der Waals surface area contributed by atoms with E-state index in [2.05, 4.69) is 38.2 Å². The van der Waals surface area contributed by atoms with E-state index in [4.69, 9.17) is 0 Å². The number of benzene rings is 1. The molecular weight excluding hydrogens is 222 g/mol. The summed E-state index contributed by atoms with van der Waals surface area (Å²) in [5.74, 6) is -0.0318. The van der Waals surface area contributed by atoms with E-state index in [1.165, 1.54) is 0 Å². The Labute approximate surface area is 110 Å². The predicted octanol–water partition coefficient (Wildman–Crippen LogP) is 3.86. The van der Waals surface area contributed by atoms with Gasteiger partial charge in [-0.15, -0.1) is 0 Å². The van der Waals surface area contributed by atoms with Crippen molar-refractivity contribution in [2.45, 2.75) is 40.2 Å². The Morgan fingerprint density at radius 3 is 2.39 bits per heavy atom. The van der Waals surface area contributed by atoms with Crippen molar-refractivity contribution >= 4 is 5.91 Å². The van der Waals surface area contributed by atoms with Crippen LogP contribution in [0.4, 0.5) is 0 Å². The Kier molecular flexibility index (Phi) is 5.14. The molecule has 1 N–H and O–H groups in total. The number of amides is 1. The highest BCUT2D eigenvalue weighted by Crippen LogP contribution is 2.29. The lowest BCUT2D eigenvalue weighted by molar-refractivity contribution is -0.117. The Morgan fingerprint density at radius 1 is 1.28 bits per heavy atom. The molecule has 1 rings (SSSR count). The molecule has 1 aromatic carbocycles. The molecule has 0 aliphatic heterocycles. The molecule has 98 valence electrons. The van der Waals surface area contributed by atoms with Crippen molar-refractivity contribution in [1.29, 1.82) is 0 Å². The molecule has 0 bridgehead atoms. The Bertz CT molecular complexity index is 401. The first-order valence-corrected chi connectivity index (χ1v) is 6.40. The van der Waals surface area contributed by atoms with Crippen LogP contribution in [0.25, 0.3) is 0 Å². The number of carbonyl (C=O) groups is 1. The lowest BCUT2D eigenvalue weighted by Crippen LogP contribution is -2.30. The summed E-state index contributed by atoms with van der Waals surface area (Å²) < 4.78 is 0. The van der Waals surface area contributed by atoms with Gasteiger partial charge < -0.3 is 5.32 Å². The average molecular weight is 245 g/mol. The van der Waals surface area contributed by atoms with Gasteiger partial charge in [0.15, 0.2) is 0 Å². The minimum atomic E-state index is -0.0318. The number of carbonyl (C=O) groups excluding carboxylic acids is 1. The Balaban J connectivity index is 2.86. The summed E-state index contributed by atoms with van der Waals surface area (Å²) >= 11 is 0. The van der Waals surface area contributed by atoms with E-state index in [1.54, 1.807) is 12.2 Å². The van der Waals surface area contributed by atoms with Crippen LogP contribution in [0, 0.1) is 5.41 Å². The molecule has 0 saturated carbocycles.